The lowest BCUT2D eigenvalue weighted by Crippen LogP contribution is -2.08. The van der Waals surface area contributed by atoms with Gasteiger partial charge in [0.2, 0.25) is 0 Å². The molecule has 2 N–H and O–H groups in total. The highest BCUT2D eigenvalue weighted by Gasteiger charge is 2.16. The summed E-state index contributed by atoms with van der Waals surface area (Å²) in [5.41, 5.74) is 8.20. The zero-order chi connectivity index (χ0) is 15.4. The van der Waals surface area contributed by atoms with E-state index in [1.165, 1.54) is 0 Å². The lowest BCUT2D eigenvalue weighted by atomic mass is 10.1. The first kappa shape index (κ1) is 15.4. The van der Waals surface area contributed by atoms with Crippen LogP contribution in [0.4, 0.5) is 5.82 Å². The van der Waals surface area contributed by atoms with Gasteiger partial charge < -0.3 is 15.0 Å². The summed E-state index contributed by atoms with van der Waals surface area (Å²) in [7, 11) is 0. The molecule has 1 aromatic heterocycles. The molecule has 4 nitrogen and oxygen atoms in total. The Labute approximate surface area is 127 Å². The van der Waals surface area contributed by atoms with E-state index in [9.17, 15) is 0 Å². The second-order valence-electron chi connectivity index (χ2n) is 5.45. The molecule has 2 aromatic rings. The van der Waals surface area contributed by atoms with E-state index in [-0.39, 0.29) is 0 Å². The van der Waals surface area contributed by atoms with Crippen molar-refractivity contribution in [1.29, 1.82) is 0 Å². The predicted molar refractivity (Wildman–Crippen MR) is 87.6 cm³/mol. The molecule has 1 heterocycles. The lowest BCUT2D eigenvalue weighted by Gasteiger charge is -2.12. The van der Waals surface area contributed by atoms with Gasteiger partial charge in [-0.3, -0.25) is 0 Å². The van der Waals surface area contributed by atoms with Gasteiger partial charge in [-0.15, -0.1) is 0 Å². The number of nitrogen functional groups attached to an aromatic ring is 1. The Kier molecular flexibility index (Phi) is 4.89. The minimum atomic E-state index is 0.313. The fourth-order valence-electron chi connectivity index (χ4n) is 2.46. The third kappa shape index (κ3) is 3.20. The molecule has 114 valence electrons. The van der Waals surface area contributed by atoms with E-state index >= 15 is 0 Å². The van der Waals surface area contributed by atoms with Crippen molar-refractivity contribution >= 4 is 5.82 Å². The fourth-order valence-corrected chi connectivity index (χ4v) is 2.46. The van der Waals surface area contributed by atoms with Gasteiger partial charge in [-0.25, -0.2) is 4.98 Å². The van der Waals surface area contributed by atoms with Crippen LogP contribution in [-0.2, 0) is 6.42 Å². The highest BCUT2D eigenvalue weighted by atomic mass is 16.5. The van der Waals surface area contributed by atoms with E-state index in [0.29, 0.717) is 6.04 Å². The van der Waals surface area contributed by atoms with E-state index in [1.807, 2.05) is 24.3 Å². The molecule has 0 saturated carbocycles. The van der Waals surface area contributed by atoms with Gasteiger partial charge in [0, 0.05) is 18.0 Å². The number of hydrogen-bond acceptors (Lipinski definition) is 3. The second kappa shape index (κ2) is 6.66. The van der Waals surface area contributed by atoms with Crippen LogP contribution in [0.3, 0.4) is 0 Å². The first-order valence-corrected chi connectivity index (χ1v) is 7.68. The van der Waals surface area contributed by atoms with Crippen LogP contribution in [0.15, 0.2) is 24.3 Å². The van der Waals surface area contributed by atoms with Gasteiger partial charge in [-0.2, -0.15) is 0 Å². The molecule has 4 heteroatoms. The van der Waals surface area contributed by atoms with Crippen molar-refractivity contribution in [2.75, 3.05) is 12.3 Å². The van der Waals surface area contributed by atoms with Crippen LogP contribution in [-0.4, -0.2) is 16.2 Å². The van der Waals surface area contributed by atoms with Gasteiger partial charge in [0.05, 0.1) is 6.61 Å². The molecule has 0 unspecified atom stereocenters. The molecule has 21 heavy (non-hydrogen) atoms. The zero-order valence-electron chi connectivity index (χ0n) is 13.4. The number of imidazole rings is 1. The van der Waals surface area contributed by atoms with Crippen LogP contribution < -0.4 is 10.5 Å². The van der Waals surface area contributed by atoms with Crippen LogP contribution in [0.25, 0.3) is 11.3 Å². The minimum absolute atomic E-state index is 0.313. The molecule has 0 fully saturated rings. The van der Waals surface area contributed by atoms with E-state index in [1.54, 1.807) is 0 Å². The van der Waals surface area contributed by atoms with Crippen LogP contribution >= 0.6 is 0 Å². The number of nitrogens with zero attached hydrogens (tertiary/aromatic N) is 2. The summed E-state index contributed by atoms with van der Waals surface area (Å²) in [5.74, 6) is 2.66. The second-order valence-corrected chi connectivity index (χ2v) is 5.45. The molecule has 0 saturated heterocycles. The van der Waals surface area contributed by atoms with Gasteiger partial charge in [0.1, 0.15) is 23.1 Å². The summed E-state index contributed by atoms with van der Waals surface area (Å²) in [6.45, 7) is 9.20. The number of nitrogens with two attached hydrogens (primary N) is 1. The number of aromatic nitrogens is 2. The zero-order valence-corrected chi connectivity index (χ0v) is 13.4. The third-order valence-corrected chi connectivity index (χ3v) is 3.45. The van der Waals surface area contributed by atoms with Gasteiger partial charge in [0.25, 0.3) is 0 Å². The minimum Gasteiger partial charge on any atom is -0.494 e. The molecular weight excluding hydrogens is 262 g/mol. The molecule has 1 aromatic carbocycles. The van der Waals surface area contributed by atoms with E-state index in [4.69, 9.17) is 15.5 Å². The molecule has 0 radical (unpaired) electrons. The average molecular weight is 287 g/mol. The Morgan fingerprint density at radius 2 is 1.86 bits per heavy atom. The van der Waals surface area contributed by atoms with Crippen molar-refractivity contribution < 1.29 is 4.74 Å². The average Bonchev–Trinajstić information content (AvgIpc) is 2.82. The molecule has 0 amide bonds. The van der Waals surface area contributed by atoms with Gasteiger partial charge >= 0.3 is 0 Å². The fraction of sp³-hybridized carbons (Fsp3) is 0.471. The van der Waals surface area contributed by atoms with Gasteiger partial charge in [0.15, 0.2) is 0 Å². The molecule has 0 bridgehead atoms. The quantitative estimate of drug-likeness (QED) is 0.871. The lowest BCUT2D eigenvalue weighted by molar-refractivity contribution is 0.317. The monoisotopic (exact) mass is 287 g/mol. The van der Waals surface area contributed by atoms with Crippen molar-refractivity contribution in [3.05, 3.63) is 30.1 Å². The standard InChI is InChI=1S/C17H25N3O/c1-5-11-21-14-9-7-13(8-10-14)16-17(18)20(12(3)4)15(6-2)19-16/h7-10,12H,5-6,11,18H2,1-4H3. The van der Waals surface area contributed by atoms with Crippen LogP contribution in [0.1, 0.15) is 46.0 Å². The maximum Gasteiger partial charge on any atom is 0.131 e. The first-order valence-electron chi connectivity index (χ1n) is 7.68. The first-order chi connectivity index (χ1) is 10.1. The number of anilines is 1. The Morgan fingerprint density at radius 1 is 1.19 bits per heavy atom. The number of aryl methyl sites for hydroxylation is 1. The van der Waals surface area contributed by atoms with Crippen molar-refractivity contribution in [1.82, 2.24) is 9.55 Å². The van der Waals surface area contributed by atoms with Crippen molar-refractivity contribution in [2.24, 2.45) is 0 Å². The van der Waals surface area contributed by atoms with Crippen LogP contribution in [0, 0.1) is 0 Å². The highest BCUT2D eigenvalue weighted by molar-refractivity contribution is 5.71. The third-order valence-electron chi connectivity index (χ3n) is 3.45. The molecular formula is C17H25N3O. The summed E-state index contributed by atoms with van der Waals surface area (Å²) in [6.07, 6.45) is 1.88. The van der Waals surface area contributed by atoms with E-state index in [2.05, 4.69) is 32.3 Å². The molecule has 0 aliphatic heterocycles. The SMILES string of the molecule is CCCOc1ccc(-c2nc(CC)n(C(C)C)c2N)cc1. The summed E-state index contributed by atoms with van der Waals surface area (Å²) >= 11 is 0. The van der Waals surface area contributed by atoms with Gasteiger partial charge in [-0.05, 0) is 44.5 Å². The Balaban J connectivity index is 2.33. The Hall–Kier alpha value is -1.97. The predicted octanol–water partition coefficient (Wildman–Crippen LogP) is 4.06. The van der Waals surface area contributed by atoms with Gasteiger partial charge in [-0.1, -0.05) is 13.8 Å². The largest absolute Gasteiger partial charge is 0.494 e. The molecule has 0 atom stereocenters. The van der Waals surface area contributed by atoms with Crippen molar-refractivity contribution in [3.8, 4) is 17.0 Å². The van der Waals surface area contributed by atoms with E-state index in [0.717, 1.165) is 48.1 Å². The summed E-state index contributed by atoms with van der Waals surface area (Å²) in [6, 6.07) is 8.31. The molecule has 0 aliphatic rings. The Bertz CT molecular complexity index is 585. The number of ether oxygens (including phenoxy) is 1. The maximum absolute atomic E-state index is 6.30. The van der Waals surface area contributed by atoms with Crippen LogP contribution in [0.2, 0.25) is 0 Å². The van der Waals surface area contributed by atoms with Crippen molar-refractivity contribution in [3.63, 3.8) is 0 Å². The highest BCUT2D eigenvalue weighted by Crippen LogP contribution is 2.30. The Morgan fingerprint density at radius 3 is 2.33 bits per heavy atom. The molecule has 2 rings (SSSR count). The summed E-state index contributed by atoms with van der Waals surface area (Å²) in [5, 5.41) is 0. The molecule has 0 spiro atoms. The maximum atomic E-state index is 6.30. The topological polar surface area (TPSA) is 53.1 Å². The van der Waals surface area contributed by atoms with E-state index < -0.39 is 0 Å². The summed E-state index contributed by atoms with van der Waals surface area (Å²) < 4.78 is 7.72. The smallest absolute Gasteiger partial charge is 0.131 e. The normalized spacial score (nSPS) is 11.1. The number of rotatable bonds is 6. The number of benzene rings is 1. The molecule has 0 aliphatic carbocycles. The number of hydrogen-bond donors (Lipinski definition) is 1. The summed E-state index contributed by atoms with van der Waals surface area (Å²) in [4.78, 5) is 4.71. The van der Waals surface area contributed by atoms with Crippen LogP contribution in [0.5, 0.6) is 5.75 Å². The van der Waals surface area contributed by atoms with Crippen molar-refractivity contribution in [2.45, 2.75) is 46.6 Å².